The van der Waals surface area contributed by atoms with Crippen LogP contribution in [0.1, 0.15) is 96.4 Å². The summed E-state index contributed by atoms with van der Waals surface area (Å²) in [5, 5.41) is 3.01. The molecule has 1 saturated carbocycles. The monoisotopic (exact) mass is 492 g/mol. The Morgan fingerprint density at radius 3 is 2.33 bits per heavy atom. The van der Waals surface area contributed by atoms with Crippen LogP contribution in [0.4, 0.5) is 16.2 Å². The Bertz CT molecular complexity index is 1050. The Morgan fingerprint density at radius 1 is 1.03 bits per heavy atom. The fourth-order valence-corrected chi connectivity index (χ4v) is 4.76. The minimum atomic E-state index is -0.445. The predicted octanol–water partition coefficient (Wildman–Crippen LogP) is 8.40. The summed E-state index contributed by atoms with van der Waals surface area (Å²) < 4.78 is 5.50. The Hall–Kier alpha value is -3.02. The van der Waals surface area contributed by atoms with Gasteiger partial charge in [-0.25, -0.2) is 9.78 Å². The molecule has 0 aliphatic heterocycles. The lowest BCUT2D eigenvalue weighted by Gasteiger charge is -2.26. The van der Waals surface area contributed by atoms with E-state index >= 15 is 0 Å². The number of aromatic nitrogens is 2. The number of amides is 1. The molecule has 6 nitrogen and oxygen atoms in total. The number of H-pyrrole nitrogens is 1. The second kappa shape index (κ2) is 14.5. The summed E-state index contributed by atoms with van der Waals surface area (Å²) >= 11 is 0. The average molecular weight is 493 g/mol. The van der Waals surface area contributed by atoms with Crippen LogP contribution >= 0.6 is 0 Å². The van der Waals surface area contributed by atoms with Gasteiger partial charge in [-0.15, -0.1) is 0 Å². The smallest absolute Gasteiger partial charge is 0.412 e. The minimum Gasteiger partial charge on any atom is -0.444 e. The second-order valence-electron chi connectivity index (χ2n) is 9.72. The first-order valence-corrected chi connectivity index (χ1v) is 13.9. The van der Waals surface area contributed by atoms with Gasteiger partial charge in [0.05, 0.1) is 22.4 Å². The summed E-state index contributed by atoms with van der Waals surface area (Å²) in [7, 11) is 0. The number of carbonyl (C=O) groups excluding carboxylic acids is 1. The molecule has 1 amide bonds. The van der Waals surface area contributed by atoms with Crippen LogP contribution in [-0.4, -0.2) is 29.2 Å². The van der Waals surface area contributed by atoms with Crippen molar-refractivity contribution in [3.05, 3.63) is 53.9 Å². The van der Waals surface area contributed by atoms with E-state index in [0.29, 0.717) is 5.92 Å². The molecule has 0 unspecified atom stereocenters. The Morgan fingerprint density at radius 2 is 1.69 bits per heavy atom. The van der Waals surface area contributed by atoms with Crippen molar-refractivity contribution in [3.8, 4) is 0 Å². The van der Waals surface area contributed by atoms with Crippen LogP contribution in [0.25, 0.3) is 11.0 Å². The number of benzene rings is 2. The number of nitrogens with one attached hydrogen (secondary N) is 2. The van der Waals surface area contributed by atoms with Crippen molar-refractivity contribution in [2.75, 3.05) is 23.3 Å². The van der Waals surface area contributed by atoms with Crippen molar-refractivity contribution >= 4 is 28.5 Å². The van der Waals surface area contributed by atoms with Gasteiger partial charge in [0.25, 0.3) is 0 Å². The molecule has 2 N–H and O–H groups in total. The summed E-state index contributed by atoms with van der Waals surface area (Å²) in [6.45, 7) is 10.7. The van der Waals surface area contributed by atoms with Gasteiger partial charge in [0.1, 0.15) is 12.4 Å². The average Bonchev–Trinajstić information content (AvgIpc) is 3.32. The summed E-state index contributed by atoms with van der Waals surface area (Å²) in [5.41, 5.74) is 4.66. The number of rotatable bonds is 9. The molecule has 1 aliphatic rings. The first-order valence-electron chi connectivity index (χ1n) is 13.9. The van der Waals surface area contributed by atoms with E-state index in [1.807, 2.05) is 36.4 Å². The van der Waals surface area contributed by atoms with Gasteiger partial charge in [-0.2, -0.15) is 0 Å². The number of anilines is 2. The first-order chi connectivity index (χ1) is 17.6. The molecule has 0 spiro atoms. The van der Waals surface area contributed by atoms with Gasteiger partial charge < -0.3 is 14.6 Å². The van der Waals surface area contributed by atoms with Gasteiger partial charge in [-0.05, 0) is 43.4 Å². The molecule has 36 heavy (non-hydrogen) atoms. The van der Waals surface area contributed by atoms with Crippen molar-refractivity contribution in [1.29, 1.82) is 0 Å². The maximum absolute atomic E-state index is 12.7. The predicted molar refractivity (Wildman–Crippen MR) is 151 cm³/mol. The molecule has 3 aromatic rings. The molecule has 0 atom stereocenters. The van der Waals surface area contributed by atoms with Gasteiger partial charge in [-0.3, -0.25) is 5.32 Å². The van der Waals surface area contributed by atoms with Gasteiger partial charge in [0, 0.05) is 19.0 Å². The Kier molecular flexibility index (Phi) is 11.1. The maximum atomic E-state index is 12.7. The van der Waals surface area contributed by atoms with E-state index in [9.17, 15) is 4.79 Å². The third kappa shape index (κ3) is 7.74. The zero-order valence-electron chi connectivity index (χ0n) is 22.6. The van der Waals surface area contributed by atoms with Crippen LogP contribution in [0.2, 0.25) is 0 Å². The normalized spacial score (nSPS) is 13.7. The largest absolute Gasteiger partial charge is 0.444 e. The van der Waals surface area contributed by atoms with Crippen molar-refractivity contribution in [3.63, 3.8) is 0 Å². The quantitative estimate of drug-likeness (QED) is 0.314. The van der Waals surface area contributed by atoms with Crippen LogP contribution in [0.15, 0.2) is 42.5 Å². The molecular weight excluding hydrogens is 448 g/mol. The second-order valence-corrected chi connectivity index (χ2v) is 9.72. The lowest BCUT2D eigenvalue weighted by atomic mass is 9.89. The highest BCUT2D eigenvalue weighted by Crippen LogP contribution is 2.35. The number of nitrogens with zero attached hydrogens (tertiary/aromatic N) is 2. The number of aromatic amines is 1. The van der Waals surface area contributed by atoms with Gasteiger partial charge in [0.15, 0.2) is 0 Å². The topological polar surface area (TPSA) is 70.2 Å². The lowest BCUT2D eigenvalue weighted by Crippen LogP contribution is -2.26. The summed E-state index contributed by atoms with van der Waals surface area (Å²) in [6, 6.07) is 13.9. The third-order valence-corrected chi connectivity index (χ3v) is 6.39. The van der Waals surface area contributed by atoms with Crippen molar-refractivity contribution in [1.82, 2.24) is 9.97 Å². The molecule has 6 heteroatoms. The van der Waals surface area contributed by atoms with Crippen molar-refractivity contribution < 1.29 is 9.53 Å². The number of carbonyl (C=O) groups is 1. The molecule has 0 bridgehead atoms. The summed E-state index contributed by atoms with van der Waals surface area (Å²) in [5.74, 6) is 1.58. The van der Waals surface area contributed by atoms with E-state index in [-0.39, 0.29) is 6.61 Å². The van der Waals surface area contributed by atoms with E-state index in [0.717, 1.165) is 59.7 Å². The van der Waals surface area contributed by atoms with Gasteiger partial charge in [0.2, 0.25) is 0 Å². The number of fused-ring (bicyclic) bond motifs is 1. The van der Waals surface area contributed by atoms with E-state index in [2.05, 4.69) is 49.0 Å². The molecule has 0 radical (unpaired) electrons. The zero-order valence-corrected chi connectivity index (χ0v) is 22.6. The van der Waals surface area contributed by atoms with Crippen LogP contribution < -0.4 is 10.2 Å². The molecule has 0 saturated heterocycles. The highest BCUT2D eigenvalue weighted by molar-refractivity contribution is 5.95. The fourth-order valence-electron chi connectivity index (χ4n) is 4.76. The summed E-state index contributed by atoms with van der Waals surface area (Å²) in [6.07, 6.45) is 9.13. The van der Waals surface area contributed by atoms with E-state index in [1.165, 1.54) is 38.5 Å². The van der Waals surface area contributed by atoms with Crippen LogP contribution in [0.3, 0.4) is 0 Å². The standard InChI is InChI=1S/C27H36N4O2.C3H8/c1-3-15-31(16-4-2)25-18-23-22(28-26(29-23)21-13-9-6-10-14-21)17-24(25)30-27(32)33-19-20-11-7-5-8-12-20;1-3-2/h5,7-8,11-12,17-18,21H,3-4,6,9-10,13-16,19H2,1-2H3,(H,28,29)(H,30,32);3H2,1-2H3. The SMILES string of the molecule is CCC.CCCN(CCC)c1cc2nc(C3CCCCC3)[nH]c2cc1NC(=O)OCc1ccccc1. The molecule has 4 rings (SSSR count). The van der Waals surface area contributed by atoms with E-state index in [1.54, 1.807) is 0 Å². The fraction of sp³-hybridized carbons (Fsp3) is 0.533. The molecule has 2 aromatic carbocycles. The molecular formula is C30H44N4O2. The zero-order chi connectivity index (χ0) is 25.8. The van der Waals surface area contributed by atoms with E-state index < -0.39 is 6.09 Å². The molecule has 1 aliphatic carbocycles. The van der Waals surface area contributed by atoms with Crippen LogP contribution in [0, 0.1) is 0 Å². The minimum absolute atomic E-state index is 0.244. The van der Waals surface area contributed by atoms with Gasteiger partial charge >= 0.3 is 6.09 Å². The number of hydrogen-bond acceptors (Lipinski definition) is 4. The van der Waals surface area contributed by atoms with Crippen molar-refractivity contribution in [2.45, 2.75) is 91.6 Å². The molecule has 1 heterocycles. The number of imidazole rings is 1. The van der Waals surface area contributed by atoms with Crippen LogP contribution in [0.5, 0.6) is 0 Å². The number of ether oxygens (including phenoxy) is 1. The molecule has 196 valence electrons. The highest BCUT2D eigenvalue weighted by atomic mass is 16.5. The van der Waals surface area contributed by atoms with Crippen molar-refractivity contribution in [2.24, 2.45) is 0 Å². The first kappa shape index (κ1) is 27.6. The molecule has 1 fully saturated rings. The Balaban J connectivity index is 0.00000115. The van der Waals surface area contributed by atoms with E-state index in [4.69, 9.17) is 9.72 Å². The molecule has 1 aromatic heterocycles. The van der Waals surface area contributed by atoms with Crippen LogP contribution in [-0.2, 0) is 11.3 Å². The number of hydrogen-bond donors (Lipinski definition) is 2. The highest BCUT2D eigenvalue weighted by Gasteiger charge is 2.21. The summed E-state index contributed by atoms with van der Waals surface area (Å²) in [4.78, 5) is 23.5. The maximum Gasteiger partial charge on any atom is 0.412 e. The Labute approximate surface area is 216 Å². The lowest BCUT2D eigenvalue weighted by molar-refractivity contribution is 0.155. The van der Waals surface area contributed by atoms with Gasteiger partial charge in [-0.1, -0.05) is 83.7 Å². The third-order valence-electron chi connectivity index (χ3n) is 6.39.